The fraction of sp³-hybridized carbons (Fsp3) is 0.400. The molecular weight excluding hydrogens is 358 g/mol. The molecule has 8 heteroatoms. The van der Waals surface area contributed by atoms with Gasteiger partial charge >= 0.3 is 0 Å². The van der Waals surface area contributed by atoms with Gasteiger partial charge in [0.2, 0.25) is 11.8 Å². The first-order chi connectivity index (χ1) is 13.5. The number of nitrogens with one attached hydrogen (secondary N) is 1. The summed E-state index contributed by atoms with van der Waals surface area (Å²) in [5.41, 5.74) is 2.91. The molecule has 1 fully saturated rings. The number of carbonyl (C=O) groups is 1. The Kier molecular flexibility index (Phi) is 4.95. The molecule has 0 atom stereocenters. The smallest absolute Gasteiger partial charge is 0.222 e. The van der Waals surface area contributed by atoms with Gasteiger partial charge in [-0.15, -0.1) is 0 Å². The Labute approximate surface area is 162 Å². The van der Waals surface area contributed by atoms with Gasteiger partial charge in [0.1, 0.15) is 12.4 Å². The molecule has 0 radical (unpaired) electrons. The Morgan fingerprint density at radius 2 is 2.11 bits per heavy atom. The Bertz CT molecular complexity index is 1030. The van der Waals surface area contributed by atoms with Gasteiger partial charge in [0.15, 0.2) is 5.82 Å². The fourth-order valence-corrected chi connectivity index (χ4v) is 3.14. The maximum atomic E-state index is 11.4. The standard InChI is InChI=1S/C20H23N5O3/c1-12-8-18(23-19(9-12)28-7-6-27-3)25-16-10-17(22-13(2)26)21-11-15(16)20(24-25)14-4-5-14/h8-11,14H,4-7H2,1-3H3,(H,21,22,26). The van der Waals surface area contributed by atoms with Crippen LogP contribution < -0.4 is 10.1 Å². The van der Waals surface area contributed by atoms with Crippen LogP contribution in [0.2, 0.25) is 0 Å². The zero-order valence-electron chi connectivity index (χ0n) is 16.2. The molecule has 1 aliphatic rings. The van der Waals surface area contributed by atoms with E-state index in [1.807, 2.05) is 29.8 Å². The average Bonchev–Trinajstić information content (AvgIpc) is 3.42. The number of fused-ring (bicyclic) bond motifs is 1. The second-order valence-electron chi connectivity index (χ2n) is 7.02. The number of anilines is 1. The Morgan fingerprint density at radius 1 is 1.29 bits per heavy atom. The Balaban J connectivity index is 1.79. The van der Waals surface area contributed by atoms with Crippen LogP contribution in [-0.4, -0.2) is 46.0 Å². The molecule has 0 spiro atoms. The van der Waals surface area contributed by atoms with Crippen molar-refractivity contribution in [3.05, 3.63) is 35.7 Å². The first kappa shape index (κ1) is 18.4. The third kappa shape index (κ3) is 3.82. The Hall–Kier alpha value is -3.00. The van der Waals surface area contributed by atoms with E-state index in [4.69, 9.17) is 14.6 Å². The number of amides is 1. The van der Waals surface area contributed by atoms with Gasteiger partial charge in [0.05, 0.1) is 17.8 Å². The lowest BCUT2D eigenvalue weighted by Gasteiger charge is -2.09. The fourth-order valence-electron chi connectivity index (χ4n) is 3.14. The van der Waals surface area contributed by atoms with Crippen LogP contribution in [0, 0.1) is 6.92 Å². The summed E-state index contributed by atoms with van der Waals surface area (Å²) in [6, 6.07) is 5.69. The molecule has 8 nitrogen and oxygen atoms in total. The highest BCUT2D eigenvalue weighted by molar-refractivity contribution is 5.91. The van der Waals surface area contributed by atoms with Gasteiger partial charge in [0.25, 0.3) is 0 Å². The molecule has 3 heterocycles. The number of rotatable bonds is 7. The van der Waals surface area contributed by atoms with E-state index in [2.05, 4.69) is 15.3 Å². The van der Waals surface area contributed by atoms with Gasteiger partial charge in [-0.3, -0.25) is 4.79 Å². The van der Waals surface area contributed by atoms with E-state index < -0.39 is 0 Å². The van der Waals surface area contributed by atoms with Crippen LogP contribution in [0.15, 0.2) is 24.4 Å². The highest BCUT2D eigenvalue weighted by Crippen LogP contribution is 2.43. The van der Waals surface area contributed by atoms with Gasteiger partial charge in [-0.1, -0.05) is 0 Å². The van der Waals surface area contributed by atoms with E-state index in [1.54, 1.807) is 13.3 Å². The summed E-state index contributed by atoms with van der Waals surface area (Å²) in [4.78, 5) is 20.4. The van der Waals surface area contributed by atoms with Crippen molar-refractivity contribution in [3.63, 3.8) is 0 Å². The van der Waals surface area contributed by atoms with Crippen LogP contribution in [0.4, 0.5) is 5.82 Å². The minimum atomic E-state index is -0.164. The van der Waals surface area contributed by atoms with Crippen molar-refractivity contribution in [2.75, 3.05) is 25.6 Å². The van der Waals surface area contributed by atoms with Crippen molar-refractivity contribution in [1.29, 1.82) is 0 Å². The van der Waals surface area contributed by atoms with Gasteiger partial charge in [-0.25, -0.2) is 9.67 Å². The maximum absolute atomic E-state index is 11.4. The van der Waals surface area contributed by atoms with Crippen LogP contribution in [0.3, 0.4) is 0 Å². The monoisotopic (exact) mass is 381 g/mol. The van der Waals surface area contributed by atoms with E-state index in [-0.39, 0.29) is 5.91 Å². The number of aromatic nitrogens is 4. The largest absolute Gasteiger partial charge is 0.475 e. The zero-order chi connectivity index (χ0) is 19.7. The molecular formula is C20H23N5O3. The number of carbonyl (C=O) groups excluding carboxylic acids is 1. The average molecular weight is 381 g/mol. The quantitative estimate of drug-likeness (QED) is 0.633. The second-order valence-corrected chi connectivity index (χ2v) is 7.02. The molecule has 0 aliphatic heterocycles. The van der Waals surface area contributed by atoms with Crippen LogP contribution in [0.5, 0.6) is 5.88 Å². The predicted octanol–water partition coefficient (Wildman–Crippen LogP) is 2.98. The van der Waals surface area contributed by atoms with E-state index in [9.17, 15) is 4.79 Å². The number of nitrogens with zero attached hydrogens (tertiary/aromatic N) is 4. The SMILES string of the molecule is COCCOc1cc(C)cc(-n2nc(C3CC3)c3cnc(NC(C)=O)cc32)n1. The predicted molar refractivity (Wildman–Crippen MR) is 105 cm³/mol. The van der Waals surface area contributed by atoms with Crippen molar-refractivity contribution in [1.82, 2.24) is 19.7 Å². The van der Waals surface area contributed by atoms with Crippen LogP contribution in [-0.2, 0) is 9.53 Å². The molecule has 0 unspecified atom stereocenters. The molecule has 1 aliphatic carbocycles. The Morgan fingerprint density at radius 3 is 2.82 bits per heavy atom. The highest BCUT2D eigenvalue weighted by Gasteiger charge is 2.30. The summed E-state index contributed by atoms with van der Waals surface area (Å²) in [6.07, 6.45) is 4.04. The second kappa shape index (κ2) is 7.55. The third-order valence-corrected chi connectivity index (χ3v) is 4.55. The van der Waals surface area contributed by atoms with Crippen molar-refractivity contribution in [2.45, 2.75) is 32.6 Å². The molecule has 0 bridgehead atoms. The number of pyridine rings is 2. The van der Waals surface area contributed by atoms with Gasteiger partial charge in [-0.05, 0) is 31.4 Å². The first-order valence-electron chi connectivity index (χ1n) is 9.32. The van der Waals surface area contributed by atoms with E-state index in [0.717, 1.165) is 35.0 Å². The van der Waals surface area contributed by atoms with Crippen molar-refractivity contribution in [2.24, 2.45) is 0 Å². The summed E-state index contributed by atoms with van der Waals surface area (Å²) in [6.45, 7) is 4.38. The highest BCUT2D eigenvalue weighted by atomic mass is 16.5. The number of hydrogen-bond acceptors (Lipinski definition) is 6. The maximum Gasteiger partial charge on any atom is 0.222 e. The number of methoxy groups -OCH3 is 1. The van der Waals surface area contributed by atoms with Crippen LogP contribution in [0.25, 0.3) is 16.7 Å². The van der Waals surface area contributed by atoms with Crippen LogP contribution in [0.1, 0.15) is 36.9 Å². The molecule has 0 aromatic carbocycles. The van der Waals surface area contributed by atoms with E-state index in [1.165, 1.54) is 6.92 Å². The van der Waals surface area contributed by atoms with Crippen molar-refractivity contribution < 1.29 is 14.3 Å². The molecule has 3 aromatic heterocycles. The summed E-state index contributed by atoms with van der Waals surface area (Å²) in [7, 11) is 1.63. The molecule has 0 saturated heterocycles. The summed E-state index contributed by atoms with van der Waals surface area (Å²) < 4.78 is 12.5. The van der Waals surface area contributed by atoms with Gasteiger partial charge < -0.3 is 14.8 Å². The summed E-state index contributed by atoms with van der Waals surface area (Å²) >= 11 is 0. The van der Waals surface area contributed by atoms with E-state index >= 15 is 0 Å². The third-order valence-electron chi connectivity index (χ3n) is 4.55. The number of ether oxygens (including phenoxy) is 2. The van der Waals surface area contributed by atoms with Gasteiger partial charge in [0, 0.05) is 43.7 Å². The van der Waals surface area contributed by atoms with E-state index in [0.29, 0.717) is 36.6 Å². The lowest BCUT2D eigenvalue weighted by molar-refractivity contribution is -0.114. The molecule has 28 heavy (non-hydrogen) atoms. The molecule has 1 N–H and O–H groups in total. The zero-order valence-corrected chi connectivity index (χ0v) is 16.2. The molecule has 1 amide bonds. The van der Waals surface area contributed by atoms with Crippen LogP contribution >= 0.6 is 0 Å². The van der Waals surface area contributed by atoms with Crippen molar-refractivity contribution >= 4 is 22.6 Å². The number of hydrogen-bond donors (Lipinski definition) is 1. The van der Waals surface area contributed by atoms with Crippen molar-refractivity contribution in [3.8, 4) is 11.7 Å². The minimum Gasteiger partial charge on any atom is -0.475 e. The molecule has 4 rings (SSSR count). The normalized spacial score (nSPS) is 13.7. The summed E-state index contributed by atoms with van der Waals surface area (Å²) in [5.74, 6) is 1.99. The lowest BCUT2D eigenvalue weighted by atomic mass is 10.2. The molecule has 1 saturated carbocycles. The first-order valence-corrected chi connectivity index (χ1v) is 9.32. The minimum absolute atomic E-state index is 0.164. The number of aryl methyl sites for hydroxylation is 1. The van der Waals surface area contributed by atoms with Gasteiger partial charge in [-0.2, -0.15) is 10.1 Å². The summed E-state index contributed by atoms with van der Waals surface area (Å²) in [5, 5.41) is 8.57. The lowest BCUT2D eigenvalue weighted by Crippen LogP contribution is -2.09. The molecule has 146 valence electrons. The topological polar surface area (TPSA) is 91.2 Å². The molecule has 3 aromatic rings.